The molecule has 0 aromatic carbocycles. The number of aldehydes is 1. The Morgan fingerprint density at radius 1 is 0.685 bits per heavy atom. The van der Waals surface area contributed by atoms with Crippen molar-refractivity contribution < 1.29 is 138 Å². The summed E-state index contributed by atoms with van der Waals surface area (Å²) in [5.74, 6) is -4.26. The fourth-order valence-electron chi connectivity index (χ4n) is 17.4. The molecule has 14 N–H and O–H groups in total. The van der Waals surface area contributed by atoms with E-state index in [0.717, 1.165) is 18.3 Å². The van der Waals surface area contributed by atoms with Gasteiger partial charge in [-0.05, 0) is 85.4 Å². The predicted octanol–water partition coefficient (Wildman–Crippen LogP) is -2.26. The molecule has 31 atom stereocenters. The first kappa shape index (κ1) is 70.0. The quantitative estimate of drug-likeness (QED) is 0.0226. The van der Waals surface area contributed by atoms with Gasteiger partial charge in [-0.1, -0.05) is 72.6 Å². The number of fused-ring (bicyclic) bond motifs is 7. The van der Waals surface area contributed by atoms with Gasteiger partial charge in [-0.3, -0.25) is 4.79 Å². The van der Waals surface area contributed by atoms with Gasteiger partial charge < -0.3 is 124 Å². The third-order valence-electron chi connectivity index (χ3n) is 22.6. The highest BCUT2D eigenvalue weighted by molar-refractivity contribution is 5.82. The summed E-state index contributed by atoms with van der Waals surface area (Å²) in [5, 5.41) is 155. The maximum atomic E-state index is 14.2. The second kappa shape index (κ2) is 26.5. The van der Waals surface area contributed by atoms with Crippen molar-refractivity contribution in [3.63, 3.8) is 0 Å². The van der Waals surface area contributed by atoms with Crippen LogP contribution in [0, 0.1) is 50.2 Å². The number of allylic oxidation sites excluding steroid dienone is 3. The minimum atomic E-state index is -2.32. The van der Waals surface area contributed by atoms with Crippen molar-refractivity contribution in [2.45, 2.75) is 254 Å². The Kier molecular flexibility index (Phi) is 20.8. The Hall–Kier alpha value is -3.28. The Morgan fingerprint density at radius 3 is 1.87 bits per heavy atom. The molecular weight excluding hydrogens is 1180 g/mol. The van der Waals surface area contributed by atoms with E-state index < -0.39 is 223 Å². The number of hydrogen-bond acceptors (Lipinski definition) is 27. The number of carboxylic acids is 1. The molecule has 9 rings (SSSR count). The van der Waals surface area contributed by atoms with Crippen LogP contribution in [0.2, 0.25) is 0 Å². The highest BCUT2D eigenvalue weighted by Gasteiger charge is 2.74. The average molecular weight is 1280 g/mol. The van der Waals surface area contributed by atoms with Gasteiger partial charge in [0.05, 0.1) is 42.9 Å². The molecule has 0 radical (unpaired) electrons. The van der Waals surface area contributed by atoms with Crippen molar-refractivity contribution in [1.82, 2.24) is 0 Å². The predicted molar refractivity (Wildman–Crippen MR) is 299 cm³/mol. The first-order chi connectivity index (χ1) is 41.8. The van der Waals surface area contributed by atoms with E-state index in [1.807, 2.05) is 20.8 Å². The molecule has 28 nitrogen and oxygen atoms in total. The van der Waals surface area contributed by atoms with Crippen LogP contribution in [-0.4, -0.2) is 263 Å². The standard InChI is InChI=1S/C61H94O28/c1-9-10-11-12-36(68)85-50-49(77)61(25-81-26(2)65)28(19-56(50,3)4)27-13-14-33-57(5)17-16-35(58(6,24-64)32(57)15-18-59(33,7)60(27,8)20-34(61)67)84-55-48(89-53-43(75)41(73)39(71)31(22-63)83-53)45(44(76)46(87-55)51(78)79)86-54-47(37(69)29(66)23-80-54)88-52-42(74)40(72)38(70)30(21-62)82-52/h11-13,24,28-35,37-50,52-55,62-63,66-67,69-77H,9-10,14-23,25H2,1-8H3,(H,78,79)/t28-,29-,30+,31+,32+,33+,34+,35-,37-,38+,39-,40-,41-,42+,43+,44-,45-,46-,47+,48+,49-,50-,52-,53-,54-,55+,57-,58-,59+,60+,61-/m0/s1. The Morgan fingerprint density at radius 2 is 1.29 bits per heavy atom. The number of aliphatic hydroxyl groups is 13. The minimum Gasteiger partial charge on any atom is -0.479 e. The number of carbonyl (C=O) groups is 4. The van der Waals surface area contributed by atoms with Gasteiger partial charge in [0.2, 0.25) is 0 Å². The maximum absolute atomic E-state index is 14.2. The van der Waals surface area contributed by atoms with Gasteiger partial charge in [0, 0.05) is 18.4 Å². The number of unbranched alkanes of at least 4 members (excludes halogenated alkanes) is 1. The number of ether oxygens (including phenoxy) is 10. The smallest absolute Gasteiger partial charge is 0.335 e. The minimum absolute atomic E-state index is 0.0935. The van der Waals surface area contributed by atoms with Crippen LogP contribution in [-0.2, 0) is 66.5 Å². The molecule has 506 valence electrons. The van der Waals surface area contributed by atoms with Gasteiger partial charge >= 0.3 is 17.9 Å². The zero-order chi connectivity index (χ0) is 65.4. The summed E-state index contributed by atoms with van der Waals surface area (Å²) in [5.41, 5.74) is -4.83. The van der Waals surface area contributed by atoms with Crippen molar-refractivity contribution in [3.05, 3.63) is 23.8 Å². The van der Waals surface area contributed by atoms with E-state index in [1.165, 1.54) is 13.0 Å². The van der Waals surface area contributed by atoms with E-state index in [0.29, 0.717) is 38.5 Å². The van der Waals surface area contributed by atoms with E-state index in [4.69, 9.17) is 47.4 Å². The number of carboxylic acid groups (broad SMARTS) is 1. The SMILES string of the molecule is CCCC=CC(=O)O[C@H]1[C@H](O)[C@]2(COC(C)=O)[C@H](O)C[C@]3(C)C(=CC[C@@H]4[C@@]5(C)CC[C@H](O[C@@H]6O[C@H](C(=O)O)[C@@H](O)[C@H](O[C@@H]7OC[C@H](O)[C@H](O)[C@H]7O[C@@H]7O[C@H](CO)[C@@H](O)[C@H](O)[C@H]7O)[C@H]6O[C@@H]6O[C@H](CO)[C@H](O)[C@H](O)[C@H]6O)[C@@](C)(C=O)[C@@H]5CC[C@]43C)[C@@H]2CC1(C)C. The highest BCUT2D eigenvalue weighted by atomic mass is 16.8. The summed E-state index contributed by atoms with van der Waals surface area (Å²) in [6.45, 7) is 12.3. The Labute approximate surface area is 515 Å². The summed E-state index contributed by atoms with van der Waals surface area (Å²) in [7, 11) is 0. The second-order valence-corrected chi connectivity index (χ2v) is 28.0. The molecule has 4 saturated heterocycles. The molecule has 0 bridgehead atoms. The molecule has 89 heavy (non-hydrogen) atoms. The molecule has 4 saturated carbocycles. The van der Waals surface area contributed by atoms with Crippen molar-refractivity contribution in [1.29, 1.82) is 0 Å². The Balaban J connectivity index is 1.04. The van der Waals surface area contributed by atoms with Crippen LogP contribution in [0.15, 0.2) is 23.8 Å². The lowest BCUT2D eigenvalue weighted by atomic mass is 9.33. The zero-order valence-corrected chi connectivity index (χ0v) is 51.5. The van der Waals surface area contributed by atoms with E-state index >= 15 is 0 Å². The summed E-state index contributed by atoms with van der Waals surface area (Å²) in [6, 6.07) is 0. The topological polar surface area (TPSA) is 444 Å². The molecule has 0 aromatic rings. The Bertz CT molecular complexity index is 2580. The second-order valence-electron chi connectivity index (χ2n) is 28.0. The third kappa shape index (κ3) is 12.0. The van der Waals surface area contributed by atoms with E-state index in [-0.39, 0.29) is 25.4 Å². The van der Waals surface area contributed by atoms with Gasteiger partial charge in [-0.25, -0.2) is 9.59 Å². The van der Waals surface area contributed by atoms with E-state index in [2.05, 4.69) is 26.8 Å². The monoisotopic (exact) mass is 1270 g/mol. The first-order valence-electron chi connectivity index (χ1n) is 31.1. The molecular formula is C61H94O28. The van der Waals surface area contributed by atoms with Crippen molar-refractivity contribution >= 4 is 24.2 Å². The number of rotatable bonds is 18. The van der Waals surface area contributed by atoms with Gasteiger partial charge in [-0.2, -0.15) is 0 Å². The largest absolute Gasteiger partial charge is 0.479 e. The molecule has 0 unspecified atom stereocenters. The molecule has 0 aromatic heterocycles. The molecule has 28 heteroatoms. The molecule has 4 heterocycles. The zero-order valence-electron chi connectivity index (χ0n) is 51.5. The molecule has 0 spiro atoms. The van der Waals surface area contributed by atoms with Crippen molar-refractivity contribution in [3.8, 4) is 0 Å². The van der Waals surface area contributed by atoms with Crippen LogP contribution in [0.5, 0.6) is 0 Å². The number of carbonyl (C=O) groups excluding carboxylic acids is 3. The van der Waals surface area contributed by atoms with Gasteiger partial charge in [0.1, 0.15) is 111 Å². The molecule has 0 amide bonds. The van der Waals surface area contributed by atoms with Crippen LogP contribution < -0.4 is 0 Å². The maximum Gasteiger partial charge on any atom is 0.335 e. The van der Waals surface area contributed by atoms with Gasteiger partial charge in [0.15, 0.2) is 31.3 Å². The fraction of sp³-hybridized carbons (Fsp3) is 0.869. The summed E-state index contributed by atoms with van der Waals surface area (Å²) in [4.78, 5) is 53.3. The number of aliphatic carboxylic acids is 1. The van der Waals surface area contributed by atoms with Crippen LogP contribution in [0.4, 0.5) is 0 Å². The van der Waals surface area contributed by atoms with E-state index in [9.17, 15) is 90.7 Å². The molecule has 9 aliphatic rings. The van der Waals surface area contributed by atoms with Gasteiger partial charge in [0.25, 0.3) is 0 Å². The summed E-state index contributed by atoms with van der Waals surface area (Å²) >= 11 is 0. The highest BCUT2D eigenvalue weighted by Crippen LogP contribution is 2.76. The van der Waals surface area contributed by atoms with E-state index in [1.54, 1.807) is 13.0 Å². The van der Waals surface area contributed by atoms with Gasteiger partial charge in [-0.15, -0.1) is 0 Å². The van der Waals surface area contributed by atoms with Crippen molar-refractivity contribution in [2.24, 2.45) is 50.2 Å². The number of esters is 2. The summed E-state index contributed by atoms with van der Waals surface area (Å²) < 4.78 is 60.1. The lowest BCUT2D eigenvalue weighted by Gasteiger charge is -2.72. The third-order valence-corrected chi connectivity index (χ3v) is 22.6. The fourth-order valence-corrected chi connectivity index (χ4v) is 17.4. The number of hydrogen-bond donors (Lipinski definition) is 14. The van der Waals surface area contributed by atoms with Crippen LogP contribution >= 0.6 is 0 Å². The van der Waals surface area contributed by atoms with Crippen molar-refractivity contribution in [2.75, 3.05) is 26.4 Å². The lowest BCUT2D eigenvalue weighted by Crippen LogP contribution is -2.72. The molecule has 8 fully saturated rings. The first-order valence-corrected chi connectivity index (χ1v) is 31.1. The molecule has 4 aliphatic heterocycles. The number of aliphatic hydroxyl groups excluding tert-OH is 13. The normalized spacial score (nSPS) is 50.5. The van der Waals surface area contributed by atoms with Crippen LogP contribution in [0.1, 0.15) is 113 Å². The lowest BCUT2D eigenvalue weighted by molar-refractivity contribution is -0.400. The summed E-state index contributed by atoms with van der Waals surface area (Å²) in [6.07, 6.45) is -32.8. The van der Waals surface area contributed by atoms with Crippen LogP contribution in [0.3, 0.4) is 0 Å². The van der Waals surface area contributed by atoms with Crippen LogP contribution in [0.25, 0.3) is 0 Å². The molecule has 5 aliphatic carbocycles. The average Bonchev–Trinajstić information content (AvgIpc) is 0.675.